The Labute approximate surface area is 240 Å². The highest BCUT2D eigenvalue weighted by Gasteiger charge is 2.18. The third-order valence-electron chi connectivity index (χ3n) is 7.98. The Balaban J connectivity index is 1.38. The van der Waals surface area contributed by atoms with Gasteiger partial charge in [-0.25, -0.2) is 0 Å². The molecular weight excluding hydrogens is 516 g/mol. The van der Waals surface area contributed by atoms with Crippen molar-refractivity contribution in [2.45, 2.75) is 0 Å². The molecule has 0 aliphatic rings. The molecule has 0 bridgehead atoms. The monoisotopic (exact) mass is 536 g/mol. The summed E-state index contributed by atoms with van der Waals surface area (Å²) in [4.78, 5) is 0. The average molecular weight is 537 g/mol. The maximum absolute atomic E-state index is 10.0. The summed E-state index contributed by atoms with van der Waals surface area (Å²) in [6.45, 7) is 0. The Morgan fingerprint density at radius 3 is 2.00 bits per heavy atom. The van der Waals surface area contributed by atoms with E-state index in [1.54, 1.807) is 6.07 Å². The molecule has 6 aromatic carbocycles. The maximum Gasteiger partial charge on any atom is 0.143 e. The SMILES string of the molecule is N#Cc1ccc2oc3ccc(-c4ccc(-c5cccc6c5oc5ccccc56)c(-c5ccccc5C#N)c4)cc3c2c1. The molecule has 42 heavy (non-hydrogen) atoms. The van der Waals surface area contributed by atoms with E-state index in [1.165, 1.54) is 0 Å². The first-order valence-corrected chi connectivity index (χ1v) is 13.6. The molecule has 0 amide bonds. The average Bonchev–Trinajstić information content (AvgIpc) is 3.62. The van der Waals surface area contributed by atoms with E-state index in [0.29, 0.717) is 11.1 Å². The highest BCUT2D eigenvalue weighted by molar-refractivity contribution is 6.11. The smallest absolute Gasteiger partial charge is 0.143 e. The summed E-state index contributed by atoms with van der Waals surface area (Å²) in [5.74, 6) is 0. The van der Waals surface area contributed by atoms with Gasteiger partial charge in [-0.1, -0.05) is 72.8 Å². The number of hydrogen-bond donors (Lipinski definition) is 0. The molecule has 4 heteroatoms. The van der Waals surface area contributed by atoms with Gasteiger partial charge < -0.3 is 8.83 Å². The van der Waals surface area contributed by atoms with Crippen LogP contribution in [-0.4, -0.2) is 0 Å². The predicted molar refractivity (Wildman–Crippen MR) is 167 cm³/mol. The zero-order valence-electron chi connectivity index (χ0n) is 22.3. The van der Waals surface area contributed by atoms with Crippen LogP contribution in [0.2, 0.25) is 0 Å². The molecular formula is C38H20N2O2. The lowest BCUT2D eigenvalue weighted by molar-refractivity contribution is 0.669. The van der Waals surface area contributed by atoms with Crippen molar-refractivity contribution in [3.05, 3.63) is 132 Å². The number of hydrogen-bond acceptors (Lipinski definition) is 4. The molecule has 194 valence electrons. The molecule has 8 rings (SSSR count). The molecule has 8 aromatic rings. The number of nitriles is 2. The van der Waals surface area contributed by atoms with Crippen molar-refractivity contribution in [2.24, 2.45) is 0 Å². The molecule has 0 saturated carbocycles. The van der Waals surface area contributed by atoms with E-state index < -0.39 is 0 Å². The van der Waals surface area contributed by atoms with E-state index in [9.17, 15) is 10.5 Å². The van der Waals surface area contributed by atoms with Crippen molar-refractivity contribution in [3.8, 4) is 45.5 Å². The number of benzene rings is 6. The topological polar surface area (TPSA) is 73.9 Å². The zero-order valence-corrected chi connectivity index (χ0v) is 22.3. The van der Waals surface area contributed by atoms with Gasteiger partial charge in [0, 0.05) is 32.7 Å². The predicted octanol–water partition coefficient (Wildman–Crippen LogP) is 10.2. The van der Waals surface area contributed by atoms with Crippen LogP contribution in [0.4, 0.5) is 0 Å². The minimum absolute atomic E-state index is 0.593. The van der Waals surface area contributed by atoms with Crippen LogP contribution in [0.5, 0.6) is 0 Å². The van der Waals surface area contributed by atoms with Crippen LogP contribution in [0.25, 0.3) is 77.3 Å². The van der Waals surface area contributed by atoms with Gasteiger partial charge in [-0.15, -0.1) is 0 Å². The summed E-state index contributed by atoms with van der Waals surface area (Å²) in [6, 6.07) is 44.6. The Hall–Kier alpha value is -6.10. The minimum Gasteiger partial charge on any atom is -0.456 e. The molecule has 0 aliphatic heterocycles. The first-order chi connectivity index (χ1) is 20.7. The number of rotatable bonds is 3. The fourth-order valence-corrected chi connectivity index (χ4v) is 5.98. The molecule has 0 saturated heterocycles. The number of fused-ring (bicyclic) bond motifs is 6. The lowest BCUT2D eigenvalue weighted by Crippen LogP contribution is -1.91. The van der Waals surface area contributed by atoms with Crippen LogP contribution < -0.4 is 0 Å². The highest BCUT2D eigenvalue weighted by atomic mass is 16.3. The molecule has 0 atom stereocenters. The lowest BCUT2D eigenvalue weighted by atomic mass is 9.88. The van der Waals surface area contributed by atoms with Gasteiger partial charge >= 0.3 is 0 Å². The van der Waals surface area contributed by atoms with Crippen LogP contribution in [0.3, 0.4) is 0 Å². The van der Waals surface area contributed by atoms with Crippen LogP contribution in [0.1, 0.15) is 11.1 Å². The first-order valence-electron chi connectivity index (χ1n) is 13.6. The Bertz CT molecular complexity index is 2450. The van der Waals surface area contributed by atoms with Gasteiger partial charge in [0.25, 0.3) is 0 Å². The van der Waals surface area contributed by atoms with Crippen molar-refractivity contribution < 1.29 is 8.83 Å². The van der Waals surface area contributed by atoms with Crippen molar-refractivity contribution in [1.29, 1.82) is 10.5 Å². The van der Waals surface area contributed by atoms with Gasteiger partial charge in [0.1, 0.15) is 22.3 Å². The summed E-state index contributed by atoms with van der Waals surface area (Å²) in [5.41, 5.74) is 10.2. The summed E-state index contributed by atoms with van der Waals surface area (Å²) < 4.78 is 12.5. The fourth-order valence-electron chi connectivity index (χ4n) is 5.98. The summed E-state index contributed by atoms with van der Waals surface area (Å²) in [6.07, 6.45) is 0. The quantitative estimate of drug-likeness (QED) is 0.225. The van der Waals surface area contributed by atoms with E-state index in [-0.39, 0.29) is 0 Å². The van der Waals surface area contributed by atoms with Crippen molar-refractivity contribution >= 4 is 43.9 Å². The molecule has 0 fully saturated rings. The molecule has 0 aliphatic carbocycles. The van der Waals surface area contributed by atoms with Gasteiger partial charge in [-0.3, -0.25) is 0 Å². The largest absolute Gasteiger partial charge is 0.456 e. The Kier molecular flexibility index (Phi) is 5.22. The molecule has 0 radical (unpaired) electrons. The van der Waals surface area contributed by atoms with Crippen LogP contribution in [-0.2, 0) is 0 Å². The Morgan fingerprint density at radius 2 is 1.12 bits per heavy atom. The zero-order chi connectivity index (χ0) is 28.2. The molecule has 0 N–H and O–H groups in total. The van der Waals surface area contributed by atoms with Gasteiger partial charge in [0.2, 0.25) is 0 Å². The number of para-hydroxylation sites is 2. The number of furan rings is 2. The molecule has 2 heterocycles. The van der Waals surface area contributed by atoms with Crippen molar-refractivity contribution in [3.63, 3.8) is 0 Å². The third kappa shape index (κ3) is 3.60. The third-order valence-corrected chi connectivity index (χ3v) is 7.98. The number of nitrogens with zero attached hydrogens (tertiary/aromatic N) is 2. The lowest BCUT2D eigenvalue weighted by Gasteiger charge is -2.14. The second-order valence-corrected chi connectivity index (χ2v) is 10.3. The summed E-state index contributed by atoms with van der Waals surface area (Å²) in [5, 5.41) is 23.5. The van der Waals surface area contributed by atoms with E-state index in [1.807, 2.05) is 66.7 Å². The fraction of sp³-hybridized carbons (Fsp3) is 0. The molecule has 2 aromatic heterocycles. The van der Waals surface area contributed by atoms with E-state index in [4.69, 9.17) is 8.83 Å². The van der Waals surface area contributed by atoms with Gasteiger partial charge in [0.05, 0.1) is 23.3 Å². The van der Waals surface area contributed by atoms with Crippen LogP contribution in [0.15, 0.2) is 130 Å². The molecule has 0 unspecified atom stereocenters. The van der Waals surface area contributed by atoms with Gasteiger partial charge in [0.15, 0.2) is 0 Å². The normalized spacial score (nSPS) is 11.3. The summed E-state index contributed by atoms with van der Waals surface area (Å²) in [7, 11) is 0. The van der Waals surface area contributed by atoms with E-state index in [2.05, 4.69) is 60.7 Å². The van der Waals surface area contributed by atoms with Crippen LogP contribution in [0, 0.1) is 22.7 Å². The Morgan fingerprint density at radius 1 is 0.429 bits per heavy atom. The second-order valence-electron chi connectivity index (χ2n) is 10.3. The van der Waals surface area contributed by atoms with Crippen LogP contribution >= 0.6 is 0 Å². The van der Waals surface area contributed by atoms with E-state index >= 15 is 0 Å². The summed E-state index contributed by atoms with van der Waals surface area (Å²) >= 11 is 0. The second kappa shape index (κ2) is 9.24. The van der Waals surface area contributed by atoms with E-state index in [0.717, 1.165) is 77.3 Å². The minimum atomic E-state index is 0.593. The molecule has 4 nitrogen and oxygen atoms in total. The maximum atomic E-state index is 10.0. The highest BCUT2D eigenvalue weighted by Crippen LogP contribution is 2.42. The van der Waals surface area contributed by atoms with Crippen molar-refractivity contribution in [1.82, 2.24) is 0 Å². The van der Waals surface area contributed by atoms with Crippen molar-refractivity contribution in [2.75, 3.05) is 0 Å². The van der Waals surface area contributed by atoms with Gasteiger partial charge in [-0.05, 0) is 70.8 Å². The first kappa shape index (κ1) is 23.8. The standard InChI is InChI=1S/C38H20N2O2/c39-21-23-12-16-36-33(18-23)34-20-25(14-17-37(34)41-36)24-13-15-28(32(19-24)27-7-2-1-6-26(27)22-40)30-9-5-10-31-29-8-3-4-11-35(29)42-38(30)31/h1-20H. The molecule has 0 spiro atoms. The van der Waals surface area contributed by atoms with Gasteiger partial charge in [-0.2, -0.15) is 10.5 Å².